The lowest BCUT2D eigenvalue weighted by Crippen LogP contribution is -2.63. The highest BCUT2D eigenvalue weighted by atomic mass is 32.2. The predicted molar refractivity (Wildman–Crippen MR) is 113 cm³/mol. The monoisotopic (exact) mass is 444 g/mol. The van der Waals surface area contributed by atoms with Crippen LogP contribution in [0.2, 0.25) is 0 Å². The molecule has 4 N–H and O–H groups in total. The number of ether oxygens (including phenoxy) is 1. The van der Waals surface area contributed by atoms with Crippen LogP contribution in [-0.2, 0) is 14.8 Å². The number of rotatable bonds is 5. The smallest absolute Gasteiger partial charge is 0.241 e. The van der Waals surface area contributed by atoms with Crippen molar-refractivity contribution in [1.29, 1.82) is 0 Å². The number of hydrogen-bond acceptors (Lipinski definition) is 8. The van der Waals surface area contributed by atoms with Gasteiger partial charge in [-0.05, 0) is 50.3 Å². The van der Waals surface area contributed by atoms with Crippen LogP contribution in [-0.4, -0.2) is 57.5 Å². The number of hydrogen-bond donors (Lipinski definition) is 3. The summed E-state index contributed by atoms with van der Waals surface area (Å²) in [4.78, 5) is 8.37. The van der Waals surface area contributed by atoms with Gasteiger partial charge in [-0.25, -0.2) is 27.6 Å². The molecule has 1 saturated carbocycles. The van der Waals surface area contributed by atoms with Gasteiger partial charge in [0, 0.05) is 5.56 Å². The topological polar surface area (TPSA) is 145 Å². The molecule has 6 rings (SSSR count). The molecule has 31 heavy (non-hydrogen) atoms. The van der Waals surface area contributed by atoms with Crippen LogP contribution in [0.3, 0.4) is 0 Å². The Labute approximate surface area is 179 Å². The van der Waals surface area contributed by atoms with Gasteiger partial charge in [0.15, 0.2) is 11.5 Å². The van der Waals surface area contributed by atoms with Gasteiger partial charge in [-0.2, -0.15) is 5.10 Å². The summed E-state index contributed by atoms with van der Waals surface area (Å²) in [5.41, 5.74) is 7.32. The molecule has 0 atom stereocenters. The van der Waals surface area contributed by atoms with Crippen molar-refractivity contribution >= 4 is 21.5 Å². The van der Waals surface area contributed by atoms with Crippen LogP contribution >= 0.6 is 0 Å². The Hall–Kier alpha value is -2.60. The van der Waals surface area contributed by atoms with E-state index < -0.39 is 21.2 Å². The number of aromatic nitrogens is 4. The van der Waals surface area contributed by atoms with Crippen molar-refractivity contribution in [3.63, 3.8) is 0 Å². The number of nitrogens with zero attached hydrogens (tertiary/aromatic N) is 4. The number of sulfonamides is 1. The molecule has 10 nitrogen and oxygen atoms in total. The van der Waals surface area contributed by atoms with Crippen molar-refractivity contribution in [1.82, 2.24) is 24.3 Å². The van der Waals surface area contributed by atoms with Gasteiger partial charge >= 0.3 is 0 Å². The first-order valence-corrected chi connectivity index (χ1v) is 11.6. The standard InChI is InChI=1S/C20H24N6O4S/c1-13-2-3-14(8-15(13)16-9-22-18-17(21)23-12-24-26(16)18)31(28,29)25-19-4-6-20(10-27,7-5-19)30-11-19/h2-3,8-9,12,25,27H,4-7,10-11H2,1H3,(H2,21,23,24). The largest absolute Gasteiger partial charge is 0.393 e. The third-order valence-corrected chi connectivity index (χ3v) is 8.11. The summed E-state index contributed by atoms with van der Waals surface area (Å²) in [6.07, 6.45) is 5.48. The summed E-state index contributed by atoms with van der Waals surface area (Å²) < 4.78 is 36.9. The average molecular weight is 445 g/mol. The van der Waals surface area contributed by atoms with Gasteiger partial charge in [-0.3, -0.25) is 0 Å². The lowest BCUT2D eigenvalue weighted by molar-refractivity contribution is -0.175. The molecule has 1 aromatic carbocycles. The lowest BCUT2D eigenvalue weighted by Gasteiger charge is -2.52. The summed E-state index contributed by atoms with van der Waals surface area (Å²) in [5.74, 6) is 0.247. The maximum absolute atomic E-state index is 13.3. The third-order valence-electron chi connectivity index (χ3n) is 6.54. The number of nitrogen functional groups attached to an aromatic ring is 1. The minimum Gasteiger partial charge on any atom is -0.393 e. The third kappa shape index (κ3) is 3.28. The first kappa shape index (κ1) is 20.3. The van der Waals surface area contributed by atoms with Crippen LogP contribution in [0.1, 0.15) is 31.2 Å². The fourth-order valence-electron chi connectivity index (χ4n) is 4.51. The maximum atomic E-state index is 13.3. The highest BCUT2D eigenvalue weighted by molar-refractivity contribution is 7.89. The van der Waals surface area contributed by atoms with E-state index in [-0.39, 0.29) is 23.9 Å². The van der Waals surface area contributed by atoms with E-state index in [2.05, 4.69) is 19.8 Å². The van der Waals surface area contributed by atoms with Crippen LogP contribution in [0.15, 0.2) is 35.6 Å². The fraction of sp³-hybridized carbons (Fsp3) is 0.450. The van der Waals surface area contributed by atoms with E-state index in [9.17, 15) is 13.5 Å². The maximum Gasteiger partial charge on any atom is 0.241 e. The Balaban J connectivity index is 1.49. The minimum absolute atomic E-state index is 0.0372. The molecule has 0 spiro atoms. The minimum atomic E-state index is -3.80. The van der Waals surface area contributed by atoms with E-state index in [1.54, 1.807) is 28.9 Å². The number of aliphatic hydroxyl groups excluding tert-OH is 1. The van der Waals surface area contributed by atoms with Crippen LogP contribution < -0.4 is 10.5 Å². The average Bonchev–Trinajstić information content (AvgIpc) is 3.20. The number of anilines is 1. The molecule has 2 saturated heterocycles. The van der Waals surface area contributed by atoms with Crippen molar-refractivity contribution in [2.45, 2.75) is 48.6 Å². The van der Waals surface area contributed by atoms with E-state index in [1.165, 1.54) is 6.33 Å². The van der Waals surface area contributed by atoms with E-state index in [1.807, 2.05) is 6.92 Å². The second-order valence-electron chi connectivity index (χ2n) is 8.52. The van der Waals surface area contributed by atoms with Crippen LogP contribution in [0.4, 0.5) is 5.82 Å². The summed E-state index contributed by atoms with van der Waals surface area (Å²) in [7, 11) is -3.80. The van der Waals surface area contributed by atoms with E-state index in [0.717, 1.165) is 5.56 Å². The highest BCUT2D eigenvalue weighted by Gasteiger charge is 2.51. The molecule has 4 heterocycles. The van der Waals surface area contributed by atoms with Crippen molar-refractivity contribution < 1.29 is 18.3 Å². The number of nitrogens with two attached hydrogens (primary N) is 1. The second-order valence-corrected chi connectivity index (χ2v) is 10.2. The molecule has 3 aromatic rings. The zero-order chi connectivity index (χ0) is 21.9. The number of imidazole rings is 1. The summed E-state index contributed by atoms with van der Waals surface area (Å²) in [5, 5.41) is 13.8. The molecular formula is C20H24N6O4S. The molecule has 11 heteroatoms. The van der Waals surface area contributed by atoms with Crippen molar-refractivity contribution in [3.05, 3.63) is 36.3 Å². The molecule has 3 aliphatic rings. The second kappa shape index (κ2) is 6.95. The number of benzene rings is 1. The predicted octanol–water partition coefficient (Wildman–Crippen LogP) is 1.03. The van der Waals surface area contributed by atoms with Crippen LogP contribution in [0, 0.1) is 6.92 Å². The molecule has 164 valence electrons. The van der Waals surface area contributed by atoms with Gasteiger partial charge in [0.25, 0.3) is 0 Å². The Bertz CT molecular complexity index is 1250. The Morgan fingerprint density at radius 2 is 2.03 bits per heavy atom. The number of nitrogens with one attached hydrogen (secondary N) is 1. The molecule has 0 radical (unpaired) electrons. The van der Waals surface area contributed by atoms with Crippen molar-refractivity contribution in [2.24, 2.45) is 0 Å². The van der Waals surface area contributed by atoms with Gasteiger partial charge in [-0.1, -0.05) is 6.07 Å². The zero-order valence-electron chi connectivity index (χ0n) is 17.1. The SMILES string of the molecule is Cc1ccc(S(=O)(=O)NC23CCC(CO)(CC2)OC3)cc1-c1cnc2c(N)ncnn12. The Kier molecular flexibility index (Phi) is 4.56. The first-order chi connectivity index (χ1) is 14.8. The number of aliphatic hydroxyl groups is 1. The van der Waals surface area contributed by atoms with Crippen molar-refractivity contribution in [2.75, 3.05) is 18.9 Å². The number of aryl methyl sites for hydroxylation is 1. The van der Waals surface area contributed by atoms with E-state index in [4.69, 9.17) is 10.5 Å². The van der Waals surface area contributed by atoms with Crippen LogP contribution in [0.5, 0.6) is 0 Å². The fourth-order valence-corrected chi connectivity index (χ4v) is 5.98. The van der Waals surface area contributed by atoms with Gasteiger partial charge in [0.2, 0.25) is 10.0 Å². The lowest BCUT2D eigenvalue weighted by atomic mass is 9.72. The molecular weight excluding hydrogens is 420 g/mol. The van der Waals surface area contributed by atoms with E-state index >= 15 is 0 Å². The van der Waals surface area contributed by atoms with Crippen molar-refractivity contribution in [3.8, 4) is 11.3 Å². The van der Waals surface area contributed by atoms with Gasteiger partial charge in [0.05, 0.1) is 41.1 Å². The highest BCUT2D eigenvalue weighted by Crippen LogP contribution is 2.44. The first-order valence-electron chi connectivity index (χ1n) is 10.1. The van der Waals surface area contributed by atoms with Crippen LogP contribution in [0.25, 0.3) is 16.9 Å². The van der Waals surface area contributed by atoms with Gasteiger partial charge < -0.3 is 15.6 Å². The van der Waals surface area contributed by atoms with Gasteiger partial charge in [0.1, 0.15) is 6.33 Å². The molecule has 1 aliphatic carbocycles. The molecule has 3 fully saturated rings. The Morgan fingerprint density at radius 1 is 1.26 bits per heavy atom. The summed E-state index contributed by atoms with van der Waals surface area (Å²) in [6, 6.07) is 4.98. The normalized spacial score (nSPS) is 25.9. The van der Waals surface area contributed by atoms with E-state index in [0.29, 0.717) is 42.6 Å². The summed E-state index contributed by atoms with van der Waals surface area (Å²) in [6.45, 7) is 2.12. The molecule has 2 aliphatic heterocycles. The zero-order valence-corrected chi connectivity index (χ0v) is 17.9. The Morgan fingerprint density at radius 3 is 2.71 bits per heavy atom. The molecule has 0 unspecified atom stereocenters. The van der Waals surface area contributed by atoms with Gasteiger partial charge in [-0.15, -0.1) is 0 Å². The molecule has 2 bridgehead atoms. The molecule has 2 aromatic heterocycles. The number of fused-ring (bicyclic) bond motifs is 4. The summed E-state index contributed by atoms with van der Waals surface area (Å²) >= 11 is 0. The molecule has 0 amide bonds. The quantitative estimate of drug-likeness (QED) is 0.529.